The van der Waals surface area contributed by atoms with Crippen LogP contribution in [0, 0.1) is 0 Å². The first-order valence-electron chi connectivity index (χ1n) is 11.3. The summed E-state index contributed by atoms with van der Waals surface area (Å²) in [7, 11) is 0. The van der Waals surface area contributed by atoms with E-state index in [0.29, 0.717) is 11.1 Å². The summed E-state index contributed by atoms with van der Waals surface area (Å²) in [4.78, 5) is 26.3. The number of para-hydroxylation sites is 1. The summed E-state index contributed by atoms with van der Waals surface area (Å²) in [6.07, 6.45) is 0. The molecule has 33 heavy (non-hydrogen) atoms. The van der Waals surface area contributed by atoms with Crippen LogP contribution in [0.4, 0.5) is 5.69 Å². The highest BCUT2D eigenvalue weighted by atomic mass is 16.2. The van der Waals surface area contributed by atoms with E-state index < -0.39 is 0 Å². The zero-order chi connectivity index (χ0) is 23.5. The van der Waals surface area contributed by atoms with Crippen molar-refractivity contribution in [3.8, 4) is 11.3 Å². The van der Waals surface area contributed by atoms with Crippen molar-refractivity contribution in [2.45, 2.75) is 46.1 Å². The summed E-state index contributed by atoms with van der Waals surface area (Å²) in [5.74, 6) is 0.240. The SMILES string of the molecule is CC(C)c1cccc(C(C)C)c1NC(=O)Cn1nc(-c2ccccc2)c2ccccc2c1=O. The molecule has 1 amide bonds. The molecule has 0 bridgehead atoms. The summed E-state index contributed by atoms with van der Waals surface area (Å²) in [6, 6.07) is 23.2. The monoisotopic (exact) mass is 439 g/mol. The van der Waals surface area contributed by atoms with Crippen LogP contribution in [0.3, 0.4) is 0 Å². The number of hydrogen-bond acceptors (Lipinski definition) is 3. The second-order valence-corrected chi connectivity index (χ2v) is 8.89. The molecule has 0 saturated carbocycles. The molecule has 3 aromatic carbocycles. The number of carbonyl (C=O) groups excluding carboxylic acids is 1. The number of amides is 1. The van der Waals surface area contributed by atoms with E-state index in [9.17, 15) is 9.59 Å². The van der Waals surface area contributed by atoms with Gasteiger partial charge >= 0.3 is 0 Å². The number of aromatic nitrogens is 2. The van der Waals surface area contributed by atoms with Crippen LogP contribution in [0.5, 0.6) is 0 Å². The smallest absolute Gasteiger partial charge is 0.275 e. The standard InChI is InChI=1S/C28H29N3O2/c1-18(2)21-15-10-16-22(19(3)4)27(21)29-25(32)17-31-28(33)24-14-9-8-13-23(24)26(30-31)20-11-6-5-7-12-20/h5-16,18-19H,17H2,1-4H3,(H,29,32). The van der Waals surface area contributed by atoms with Gasteiger partial charge in [0.1, 0.15) is 6.54 Å². The van der Waals surface area contributed by atoms with E-state index in [1.807, 2.05) is 66.7 Å². The Kier molecular flexibility index (Phi) is 6.40. The largest absolute Gasteiger partial charge is 0.324 e. The second-order valence-electron chi connectivity index (χ2n) is 8.89. The number of carbonyl (C=O) groups is 1. The first kappa shape index (κ1) is 22.5. The Labute approximate surface area is 194 Å². The molecule has 4 aromatic rings. The molecule has 0 aliphatic rings. The predicted molar refractivity (Wildman–Crippen MR) is 135 cm³/mol. The fraction of sp³-hybridized carbons (Fsp3) is 0.250. The molecule has 5 heteroatoms. The van der Waals surface area contributed by atoms with Crippen molar-refractivity contribution in [1.29, 1.82) is 0 Å². The molecule has 1 aromatic heterocycles. The maximum absolute atomic E-state index is 13.2. The molecule has 1 N–H and O–H groups in total. The average molecular weight is 440 g/mol. The average Bonchev–Trinajstić information content (AvgIpc) is 2.81. The third-order valence-corrected chi connectivity index (χ3v) is 5.85. The van der Waals surface area contributed by atoms with Gasteiger partial charge in [-0.05, 0) is 29.0 Å². The maximum atomic E-state index is 13.2. The quantitative estimate of drug-likeness (QED) is 0.404. The third kappa shape index (κ3) is 4.58. The van der Waals surface area contributed by atoms with Gasteiger partial charge in [-0.1, -0.05) is 94.4 Å². The van der Waals surface area contributed by atoms with Crippen molar-refractivity contribution in [3.05, 3.63) is 94.3 Å². The van der Waals surface area contributed by atoms with Crippen molar-refractivity contribution >= 4 is 22.4 Å². The minimum Gasteiger partial charge on any atom is -0.324 e. The number of nitrogens with zero attached hydrogens (tertiary/aromatic N) is 2. The molecule has 0 fully saturated rings. The van der Waals surface area contributed by atoms with E-state index in [-0.39, 0.29) is 29.8 Å². The second kappa shape index (κ2) is 9.41. The molecule has 168 valence electrons. The van der Waals surface area contributed by atoms with E-state index in [4.69, 9.17) is 0 Å². The number of nitrogens with one attached hydrogen (secondary N) is 1. The van der Waals surface area contributed by atoms with Gasteiger partial charge in [0.25, 0.3) is 5.56 Å². The minimum atomic E-state index is -0.276. The van der Waals surface area contributed by atoms with Crippen molar-refractivity contribution in [2.24, 2.45) is 0 Å². The van der Waals surface area contributed by atoms with Crippen LogP contribution in [-0.2, 0) is 11.3 Å². The molecule has 0 unspecified atom stereocenters. The maximum Gasteiger partial charge on any atom is 0.275 e. The van der Waals surface area contributed by atoms with Gasteiger partial charge in [-0.15, -0.1) is 0 Å². The van der Waals surface area contributed by atoms with Crippen LogP contribution in [0.1, 0.15) is 50.7 Å². The zero-order valence-electron chi connectivity index (χ0n) is 19.5. The number of fused-ring (bicyclic) bond motifs is 1. The minimum absolute atomic E-state index is 0.159. The molecule has 0 spiro atoms. The van der Waals surface area contributed by atoms with Gasteiger partial charge in [-0.25, -0.2) is 4.68 Å². The predicted octanol–water partition coefficient (Wildman–Crippen LogP) is 5.95. The normalized spacial score (nSPS) is 11.3. The summed E-state index contributed by atoms with van der Waals surface area (Å²) in [5.41, 5.74) is 4.31. The van der Waals surface area contributed by atoms with Gasteiger partial charge in [-0.2, -0.15) is 5.10 Å². The Morgan fingerprint density at radius 3 is 2.00 bits per heavy atom. The fourth-order valence-electron chi connectivity index (χ4n) is 4.16. The summed E-state index contributed by atoms with van der Waals surface area (Å²) < 4.78 is 1.27. The molecule has 0 saturated heterocycles. The Morgan fingerprint density at radius 1 is 0.818 bits per heavy atom. The van der Waals surface area contributed by atoms with E-state index >= 15 is 0 Å². The van der Waals surface area contributed by atoms with Crippen molar-refractivity contribution in [1.82, 2.24) is 9.78 Å². The van der Waals surface area contributed by atoms with Gasteiger partial charge in [0.2, 0.25) is 5.91 Å². The molecule has 0 radical (unpaired) electrons. The topological polar surface area (TPSA) is 64.0 Å². The van der Waals surface area contributed by atoms with Crippen molar-refractivity contribution in [3.63, 3.8) is 0 Å². The van der Waals surface area contributed by atoms with Crippen LogP contribution in [-0.4, -0.2) is 15.7 Å². The summed E-state index contributed by atoms with van der Waals surface area (Å²) >= 11 is 0. The van der Waals surface area contributed by atoms with Gasteiger partial charge < -0.3 is 5.32 Å². The number of benzene rings is 3. The highest BCUT2D eigenvalue weighted by molar-refractivity contribution is 5.95. The van der Waals surface area contributed by atoms with Crippen LogP contribution in [0.25, 0.3) is 22.0 Å². The molecule has 4 rings (SSSR count). The van der Waals surface area contributed by atoms with Crippen LogP contribution in [0.2, 0.25) is 0 Å². The highest BCUT2D eigenvalue weighted by Crippen LogP contribution is 2.32. The van der Waals surface area contributed by atoms with Crippen molar-refractivity contribution < 1.29 is 4.79 Å². The molecule has 1 heterocycles. The lowest BCUT2D eigenvalue weighted by molar-refractivity contribution is -0.117. The fourth-order valence-corrected chi connectivity index (χ4v) is 4.16. The Bertz CT molecular complexity index is 1330. The molecule has 5 nitrogen and oxygen atoms in total. The lowest BCUT2D eigenvalue weighted by Gasteiger charge is -2.20. The first-order chi connectivity index (χ1) is 15.9. The van der Waals surface area contributed by atoms with Crippen LogP contribution in [0.15, 0.2) is 77.6 Å². The highest BCUT2D eigenvalue weighted by Gasteiger charge is 2.18. The summed E-state index contributed by atoms with van der Waals surface area (Å²) in [5, 5.41) is 9.02. The molecule has 0 atom stereocenters. The van der Waals surface area contributed by atoms with Crippen LogP contribution < -0.4 is 10.9 Å². The Morgan fingerprint density at radius 2 is 1.39 bits per heavy atom. The molecular weight excluding hydrogens is 410 g/mol. The lowest BCUT2D eigenvalue weighted by Crippen LogP contribution is -2.30. The Hall–Kier alpha value is -3.73. The van der Waals surface area contributed by atoms with E-state index in [2.05, 4.69) is 38.1 Å². The van der Waals surface area contributed by atoms with Gasteiger partial charge in [0, 0.05) is 16.6 Å². The number of hydrogen-bond donors (Lipinski definition) is 1. The zero-order valence-corrected chi connectivity index (χ0v) is 19.5. The van der Waals surface area contributed by atoms with E-state index in [1.54, 1.807) is 6.07 Å². The van der Waals surface area contributed by atoms with Crippen molar-refractivity contribution in [2.75, 3.05) is 5.32 Å². The van der Waals surface area contributed by atoms with Crippen LogP contribution >= 0.6 is 0 Å². The molecule has 0 aliphatic heterocycles. The van der Waals surface area contributed by atoms with Gasteiger partial charge in [0.15, 0.2) is 0 Å². The third-order valence-electron chi connectivity index (χ3n) is 5.85. The van der Waals surface area contributed by atoms with E-state index in [0.717, 1.165) is 27.8 Å². The number of anilines is 1. The van der Waals surface area contributed by atoms with Gasteiger partial charge in [-0.3, -0.25) is 9.59 Å². The Balaban J connectivity index is 1.75. The number of rotatable bonds is 6. The molecule has 0 aliphatic carbocycles. The lowest BCUT2D eigenvalue weighted by atomic mass is 9.92. The van der Waals surface area contributed by atoms with Gasteiger partial charge in [0.05, 0.1) is 11.1 Å². The summed E-state index contributed by atoms with van der Waals surface area (Å²) in [6.45, 7) is 8.27. The first-order valence-corrected chi connectivity index (χ1v) is 11.3. The molecular formula is C28H29N3O2. The van der Waals surface area contributed by atoms with E-state index in [1.165, 1.54) is 4.68 Å².